The molecule has 34 heavy (non-hydrogen) atoms. The second-order valence-electron chi connectivity index (χ2n) is 8.80. The molecule has 1 N–H and O–H groups in total. The van der Waals surface area contributed by atoms with E-state index in [4.69, 9.17) is 18.9 Å². The van der Waals surface area contributed by atoms with Crippen LogP contribution < -0.4 is 19.5 Å². The highest BCUT2D eigenvalue weighted by molar-refractivity contribution is 5.99. The summed E-state index contributed by atoms with van der Waals surface area (Å²) in [5, 5.41) is 2.93. The lowest BCUT2D eigenvalue weighted by atomic mass is 9.77. The third-order valence-corrected chi connectivity index (χ3v) is 6.93. The topological polar surface area (TPSA) is 86.3 Å². The van der Waals surface area contributed by atoms with Crippen molar-refractivity contribution in [1.29, 1.82) is 0 Å². The molecule has 2 fully saturated rings. The van der Waals surface area contributed by atoms with Gasteiger partial charge in [0.2, 0.25) is 17.6 Å². The molecule has 2 aromatic carbocycles. The third-order valence-electron chi connectivity index (χ3n) is 6.93. The number of anilines is 1. The normalized spacial score (nSPS) is 26.5. The van der Waals surface area contributed by atoms with Gasteiger partial charge in [-0.25, -0.2) is 0 Å². The first kappa shape index (κ1) is 22.3. The maximum Gasteiger partial charge on any atom is 0.231 e. The number of methoxy groups -OCH3 is 3. The first-order chi connectivity index (χ1) is 16.5. The molecule has 5 rings (SSSR count). The molecule has 4 unspecified atom stereocenters. The smallest absolute Gasteiger partial charge is 0.231 e. The Morgan fingerprint density at radius 3 is 2.47 bits per heavy atom. The van der Waals surface area contributed by atoms with Gasteiger partial charge in [-0.2, -0.15) is 0 Å². The number of ether oxygens (including phenoxy) is 4. The summed E-state index contributed by atoms with van der Waals surface area (Å²) >= 11 is 0. The molecule has 8 heteroatoms. The van der Waals surface area contributed by atoms with E-state index in [-0.39, 0.29) is 11.8 Å². The predicted octanol–water partition coefficient (Wildman–Crippen LogP) is 2.68. The SMILES string of the molecule is COc1cc(NC(=O)C2C3C=CC4(CN(CCc5ccccc5)C(=O)C24)O3)cc(OC)c1OC. The summed E-state index contributed by atoms with van der Waals surface area (Å²) < 4.78 is 22.4. The zero-order valence-corrected chi connectivity index (χ0v) is 19.4. The standard InChI is InChI=1S/C26H28N2O6/c1-31-19-13-17(14-20(32-2)23(19)33-3)27-24(29)21-18-9-11-26(34-18)15-28(25(30)22(21)26)12-10-16-7-5-4-6-8-16/h4-9,11,13-14,18,21-22H,10,12,15H2,1-3H3,(H,27,29). The van der Waals surface area contributed by atoms with Crippen LogP contribution in [0.1, 0.15) is 5.56 Å². The summed E-state index contributed by atoms with van der Waals surface area (Å²) in [5.74, 6) is -0.156. The predicted molar refractivity (Wildman–Crippen MR) is 125 cm³/mol. The van der Waals surface area contributed by atoms with Gasteiger partial charge in [0.05, 0.1) is 45.8 Å². The molecular formula is C26H28N2O6. The second kappa shape index (κ2) is 8.68. The van der Waals surface area contributed by atoms with Crippen LogP contribution in [0.2, 0.25) is 0 Å². The fraction of sp³-hybridized carbons (Fsp3) is 0.385. The van der Waals surface area contributed by atoms with Crippen molar-refractivity contribution in [2.24, 2.45) is 11.8 Å². The quantitative estimate of drug-likeness (QED) is 0.605. The summed E-state index contributed by atoms with van der Waals surface area (Å²) in [4.78, 5) is 28.7. The maximum absolute atomic E-state index is 13.4. The molecule has 2 aromatic rings. The molecular weight excluding hydrogens is 436 g/mol. The molecule has 0 radical (unpaired) electrons. The molecule has 0 aromatic heterocycles. The van der Waals surface area contributed by atoms with Gasteiger partial charge in [0.25, 0.3) is 0 Å². The average Bonchev–Trinajstić information content (AvgIpc) is 3.50. The van der Waals surface area contributed by atoms with Gasteiger partial charge in [-0.15, -0.1) is 0 Å². The minimum Gasteiger partial charge on any atom is -0.493 e. The van der Waals surface area contributed by atoms with E-state index in [1.807, 2.05) is 35.3 Å². The van der Waals surface area contributed by atoms with Gasteiger partial charge < -0.3 is 29.2 Å². The lowest BCUT2D eigenvalue weighted by Crippen LogP contribution is -2.41. The fourth-order valence-electron chi connectivity index (χ4n) is 5.35. The van der Waals surface area contributed by atoms with E-state index in [1.165, 1.54) is 26.9 Å². The minimum atomic E-state index is -0.740. The molecule has 3 aliphatic heterocycles. The van der Waals surface area contributed by atoms with Crippen molar-refractivity contribution in [1.82, 2.24) is 4.90 Å². The van der Waals surface area contributed by atoms with Gasteiger partial charge in [0.1, 0.15) is 5.60 Å². The molecule has 2 bridgehead atoms. The molecule has 2 amide bonds. The Labute approximate surface area is 198 Å². The van der Waals surface area contributed by atoms with Gasteiger partial charge in [0.15, 0.2) is 11.5 Å². The average molecular weight is 465 g/mol. The van der Waals surface area contributed by atoms with Gasteiger partial charge in [-0.3, -0.25) is 9.59 Å². The Morgan fingerprint density at radius 2 is 1.82 bits per heavy atom. The molecule has 0 saturated carbocycles. The number of nitrogens with one attached hydrogen (secondary N) is 1. The number of amides is 2. The number of fused-ring (bicyclic) bond motifs is 1. The third kappa shape index (κ3) is 3.58. The molecule has 0 aliphatic carbocycles. The van der Waals surface area contributed by atoms with Gasteiger partial charge in [-0.1, -0.05) is 42.5 Å². The number of carbonyl (C=O) groups is 2. The van der Waals surface area contributed by atoms with Crippen LogP contribution in [0.3, 0.4) is 0 Å². The zero-order valence-electron chi connectivity index (χ0n) is 19.4. The van der Waals surface area contributed by atoms with Crippen LogP contribution in [0, 0.1) is 11.8 Å². The number of hydrogen-bond donors (Lipinski definition) is 1. The molecule has 2 saturated heterocycles. The van der Waals surface area contributed by atoms with E-state index in [2.05, 4.69) is 17.4 Å². The van der Waals surface area contributed by atoms with Crippen LogP contribution in [-0.4, -0.2) is 62.8 Å². The van der Waals surface area contributed by atoms with Crippen LogP contribution in [0.25, 0.3) is 0 Å². The number of carbonyl (C=O) groups excluding carboxylic acids is 2. The van der Waals surface area contributed by atoms with E-state index in [0.717, 1.165) is 6.42 Å². The highest BCUT2D eigenvalue weighted by Crippen LogP contribution is 2.52. The summed E-state index contributed by atoms with van der Waals surface area (Å²) in [7, 11) is 4.55. The molecule has 3 aliphatic rings. The largest absolute Gasteiger partial charge is 0.493 e. The van der Waals surface area contributed by atoms with Crippen LogP contribution in [0.4, 0.5) is 5.69 Å². The van der Waals surface area contributed by atoms with Crippen molar-refractivity contribution in [2.75, 3.05) is 39.7 Å². The van der Waals surface area contributed by atoms with E-state index >= 15 is 0 Å². The van der Waals surface area contributed by atoms with Crippen molar-refractivity contribution >= 4 is 17.5 Å². The van der Waals surface area contributed by atoms with E-state index in [1.54, 1.807) is 12.1 Å². The number of rotatable bonds is 8. The number of benzene rings is 2. The molecule has 178 valence electrons. The van der Waals surface area contributed by atoms with Gasteiger partial charge >= 0.3 is 0 Å². The molecule has 4 atom stereocenters. The van der Waals surface area contributed by atoms with E-state index in [9.17, 15) is 9.59 Å². The number of likely N-dealkylation sites (tertiary alicyclic amines) is 1. The second-order valence-corrected chi connectivity index (χ2v) is 8.80. The van der Waals surface area contributed by atoms with Crippen molar-refractivity contribution in [3.8, 4) is 17.2 Å². The Bertz CT molecular complexity index is 1110. The Morgan fingerprint density at radius 1 is 1.12 bits per heavy atom. The van der Waals surface area contributed by atoms with E-state index in [0.29, 0.717) is 36.0 Å². The first-order valence-corrected chi connectivity index (χ1v) is 11.3. The lowest BCUT2D eigenvalue weighted by molar-refractivity contribution is -0.135. The maximum atomic E-state index is 13.4. The monoisotopic (exact) mass is 464 g/mol. The highest BCUT2D eigenvalue weighted by atomic mass is 16.5. The number of nitrogens with zero attached hydrogens (tertiary/aromatic N) is 1. The summed E-state index contributed by atoms with van der Waals surface area (Å²) in [6, 6.07) is 13.4. The fourth-order valence-corrected chi connectivity index (χ4v) is 5.35. The van der Waals surface area contributed by atoms with E-state index < -0.39 is 23.5 Å². The Kier molecular flexibility index (Phi) is 5.69. The molecule has 1 spiro atoms. The summed E-state index contributed by atoms with van der Waals surface area (Å²) in [6.45, 7) is 1.05. The van der Waals surface area contributed by atoms with Crippen molar-refractivity contribution < 1.29 is 28.5 Å². The highest BCUT2D eigenvalue weighted by Gasteiger charge is 2.66. The zero-order chi connectivity index (χ0) is 23.9. The molecule has 8 nitrogen and oxygen atoms in total. The van der Waals surface area contributed by atoms with Gasteiger partial charge in [0, 0.05) is 24.4 Å². The van der Waals surface area contributed by atoms with Crippen LogP contribution in [-0.2, 0) is 20.7 Å². The van der Waals surface area contributed by atoms with Crippen LogP contribution in [0.15, 0.2) is 54.6 Å². The van der Waals surface area contributed by atoms with Crippen LogP contribution >= 0.6 is 0 Å². The summed E-state index contributed by atoms with van der Waals surface area (Å²) in [6.07, 6.45) is 4.20. The Balaban J connectivity index is 1.34. The van der Waals surface area contributed by atoms with Crippen molar-refractivity contribution in [2.45, 2.75) is 18.1 Å². The Hall–Kier alpha value is -3.52. The van der Waals surface area contributed by atoms with Crippen LogP contribution in [0.5, 0.6) is 17.2 Å². The molecule has 3 heterocycles. The van der Waals surface area contributed by atoms with Gasteiger partial charge in [-0.05, 0) is 12.0 Å². The summed E-state index contributed by atoms with van der Waals surface area (Å²) in [5.41, 5.74) is 0.921. The first-order valence-electron chi connectivity index (χ1n) is 11.3. The number of hydrogen-bond acceptors (Lipinski definition) is 6. The van der Waals surface area contributed by atoms with Crippen molar-refractivity contribution in [3.63, 3.8) is 0 Å². The minimum absolute atomic E-state index is 0.0344. The van der Waals surface area contributed by atoms with Crippen molar-refractivity contribution in [3.05, 3.63) is 60.2 Å². The lowest BCUT2D eigenvalue weighted by Gasteiger charge is -2.24.